The van der Waals surface area contributed by atoms with Gasteiger partial charge in [0.2, 0.25) is 0 Å². The van der Waals surface area contributed by atoms with E-state index in [0.717, 1.165) is 18.5 Å². The Balaban J connectivity index is 2.42. The van der Waals surface area contributed by atoms with Crippen LogP contribution < -0.4 is 10.1 Å². The maximum Gasteiger partial charge on any atom is 0.132 e. The summed E-state index contributed by atoms with van der Waals surface area (Å²) in [5, 5.41) is 3.46. The summed E-state index contributed by atoms with van der Waals surface area (Å²) in [4.78, 5) is 2.48. The topological polar surface area (TPSA) is 21.3 Å². The summed E-state index contributed by atoms with van der Waals surface area (Å²) >= 11 is 1.75. The van der Waals surface area contributed by atoms with Crippen LogP contribution in [0.4, 0.5) is 4.39 Å². The molecule has 0 saturated carbocycles. The molecular formula is C17H22FNOS. The minimum Gasteiger partial charge on any atom is -0.497 e. The van der Waals surface area contributed by atoms with Crippen molar-refractivity contribution in [2.24, 2.45) is 0 Å². The van der Waals surface area contributed by atoms with E-state index in [2.05, 4.69) is 32.2 Å². The molecule has 0 fully saturated rings. The summed E-state index contributed by atoms with van der Waals surface area (Å²) in [6, 6.07) is 7.11. The third-order valence-corrected chi connectivity index (χ3v) is 4.49. The van der Waals surface area contributed by atoms with E-state index in [4.69, 9.17) is 4.74 Å². The average Bonchev–Trinajstić information content (AvgIpc) is 2.79. The molecule has 0 aliphatic carbocycles. The van der Waals surface area contributed by atoms with Gasteiger partial charge < -0.3 is 10.1 Å². The first-order valence-electron chi connectivity index (χ1n) is 7.20. The SMILES string of the molecule is CCCNC(c1ccc(OC)cc1F)c1cc(C)sc1C. The fourth-order valence-electron chi connectivity index (χ4n) is 2.48. The lowest BCUT2D eigenvalue weighted by Gasteiger charge is -2.20. The molecule has 1 aromatic heterocycles. The molecular weight excluding hydrogens is 285 g/mol. The van der Waals surface area contributed by atoms with Crippen LogP contribution >= 0.6 is 11.3 Å². The van der Waals surface area contributed by atoms with Crippen LogP contribution in [0.2, 0.25) is 0 Å². The average molecular weight is 307 g/mol. The fraction of sp³-hybridized carbons (Fsp3) is 0.412. The Morgan fingerprint density at radius 1 is 1.24 bits per heavy atom. The van der Waals surface area contributed by atoms with Crippen molar-refractivity contribution in [3.05, 3.63) is 51.0 Å². The summed E-state index contributed by atoms with van der Waals surface area (Å²) in [6.45, 7) is 7.14. The van der Waals surface area contributed by atoms with Crippen molar-refractivity contribution in [1.29, 1.82) is 0 Å². The number of methoxy groups -OCH3 is 1. The molecule has 0 saturated heterocycles. The predicted octanol–water partition coefficient (Wildman–Crippen LogP) is 4.60. The Kier molecular flexibility index (Phi) is 5.37. The van der Waals surface area contributed by atoms with E-state index < -0.39 is 0 Å². The van der Waals surface area contributed by atoms with Crippen molar-refractivity contribution >= 4 is 11.3 Å². The first-order chi connectivity index (χ1) is 10.1. The summed E-state index contributed by atoms with van der Waals surface area (Å²) in [5.74, 6) is 0.315. The molecule has 21 heavy (non-hydrogen) atoms. The molecule has 0 amide bonds. The molecule has 0 aliphatic rings. The summed E-state index contributed by atoms with van der Waals surface area (Å²) in [7, 11) is 1.55. The van der Waals surface area contributed by atoms with Gasteiger partial charge >= 0.3 is 0 Å². The highest BCUT2D eigenvalue weighted by Crippen LogP contribution is 2.33. The van der Waals surface area contributed by atoms with Gasteiger partial charge in [-0.3, -0.25) is 0 Å². The van der Waals surface area contributed by atoms with E-state index in [9.17, 15) is 4.39 Å². The second-order valence-corrected chi connectivity index (χ2v) is 6.60. The highest BCUT2D eigenvalue weighted by atomic mass is 32.1. The zero-order valence-corrected chi connectivity index (χ0v) is 13.8. The molecule has 0 spiro atoms. The van der Waals surface area contributed by atoms with E-state index >= 15 is 0 Å². The van der Waals surface area contributed by atoms with Crippen LogP contribution in [0, 0.1) is 19.7 Å². The molecule has 2 rings (SSSR count). The van der Waals surface area contributed by atoms with E-state index in [-0.39, 0.29) is 11.9 Å². The van der Waals surface area contributed by atoms with Crippen LogP contribution in [0.1, 0.15) is 40.3 Å². The Morgan fingerprint density at radius 2 is 2.00 bits per heavy atom. The van der Waals surface area contributed by atoms with Crippen LogP contribution in [-0.4, -0.2) is 13.7 Å². The van der Waals surface area contributed by atoms with Gasteiger partial charge in [-0.2, -0.15) is 0 Å². The number of hydrogen-bond donors (Lipinski definition) is 1. The van der Waals surface area contributed by atoms with Gasteiger partial charge in [-0.15, -0.1) is 11.3 Å². The standard InChI is InChI=1S/C17H22FNOS/c1-5-8-19-17(15-9-11(2)21-12(15)3)14-7-6-13(20-4)10-16(14)18/h6-7,9-10,17,19H,5,8H2,1-4H3. The molecule has 4 heteroatoms. The number of thiophene rings is 1. The number of rotatable bonds is 6. The Labute approximate surface area is 130 Å². The van der Waals surface area contributed by atoms with Crippen LogP contribution in [0.25, 0.3) is 0 Å². The van der Waals surface area contributed by atoms with Gasteiger partial charge in [-0.05, 0) is 44.5 Å². The molecule has 114 valence electrons. The van der Waals surface area contributed by atoms with E-state index in [0.29, 0.717) is 11.3 Å². The Bertz CT molecular complexity index is 609. The molecule has 2 nitrogen and oxygen atoms in total. The van der Waals surface area contributed by atoms with Crippen LogP contribution in [0.3, 0.4) is 0 Å². The molecule has 2 aromatic rings. The zero-order chi connectivity index (χ0) is 15.4. The van der Waals surface area contributed by atoms with Crippen molar-refractivity contribution in [1.82, 2.24) is 5.32 Å². The summed E-state index contributed by atoms with van der Waals surface area (Å²) in [5.41, 5.74) is 1.83. The quantitative estimate of drug-likeness (QED) is 0.842. The lowest BCUT2D eigenvalue weighted by molar-refractivity contribution is 0.410. The first kappa shape index (κ1) is 16.0. The second kappa shape index (κ2) is 7.05. The minimum absolute atomic E-state index is 0.110. The zero-order valence-electron chi connectivity index (χ0n) is 13.0. The van der Waals surface area contributed by atoms with Gasteiger partial charge in [0.25, 0.3) is 0 Å². The van der Waals surface area contributed by atoms with Gasteiger partial charge in [-0.1, -0.05) is 13.0 Å². The molecule has 0 radical (unpaired) electrons. The number of aryl methyl sites for hydroxylation is 2. The molecule has 1 atom stereocenters. The maximum absolute atomic E-state index is 14.4. The third kappa shape index (κ3) is 3.63. The van der Waals surface area contributed by atoms with E-state index in [1.165, 1.54) is 15.8 Å². The van der Waals surface area contributed by atoms with Crippen LogP contribution in [-0.2, 0) is 0 Å². The van der Waals surface area contributed by atoms with Crippen LogP contribution in [0.15, 0.2) is 24.3 Å². The van der Waals surface area contributed by atoms with Crippen molar-refractivity contribution in [2.45, 2.75) is 33.2 Å². The van der Waals surface area contributed by atoms with Crippen molar-refractivity contribution in [3.63, 3.8) is 0 Å². The molecule has 1 aromatic carbocycles. The van der Waals surface area contributed by atoms with Gasteiger partial charge in [0, 0.05) is 21.4 Å². The highest BCUT2D eigenvalue weighted by Gasteiger charge is 2.21. The lowest BCUT2D eigenvalue weighted by Crippen LogP contribution is -2.24. The number of nitrogens with one attached hydrogen (secondary N) is 1. The molecule has 0 aliphatic heterocycles. The van der Waals surface area contributed by atoms with Gasteiger partial charge in [0.05, 0.1) is 13.2 Å². The number of benzene rings is 1. The smallest absolute Gasteiger partial charge is 0.132 e. The van der Waals surface area contributed by atoms with E-state index in [1.807, 2.05) is 12.1 Å². The molecule has 1 heterocycles. The monoisotopic (exact) mass is 307 g/mol. The largest absolute Gasteiger partial charge is 0.497 e. The normalized spacial score (nSPS) is 12.4. The van der Waals surface area contributed by atoms with Gasteiger partial charge in [-0.25, -0.2) is 4.39 Å². The van der Waals surface area contributed by atoms with E-state index in [1.54, 1.807) is 18.4 Å². The Hall–Kier alpha value is -1.39. The minimum atomic E-state index is -0.230. The summed E-state index contributed by atoms with van der Waals surface area (Å²) in [6.07, 6.45) is 1.01. The molecule has 0 bridgehead atoms. The summed E-state index contributed by atoms with van der Waals surface area (Å²) < 4.78 is 19.5. The first-order valence-corrected chi connectivity index (χ1v) is 8.02. The predicted molar refractivity (Wildman–Crippen MR) is 86.9 cm³/mol. The molecule has 1 N–H and O–H groups in total. The fourth-order valence-corrected chi connectivity index (χ4v) is 3.45. The van der Waals surface area contributed by atoms with Crippen molar-refractivity contribution in [2.75, 3.05) is 13.7 Å². The van der Waals surface area contributed by atoms with Gasteiger partial charge in [0.1, 0.15) is 11.6 Å². The van der Waals surface area contributed by atoms with Crippen LogP contribution in [0.5, 0.6) is 5.75 Å². The van der Waals surface area contributed by atoms with Gasteiger partial charge in [0.15, 0.2) is 0 Å². The van der Waals surface area contributed by atoms with Crippen molar-refractivity contribution < 1.29 is 9.13 Å². The third-order valence-electron chi connectivity index (χ3n) is 3.51. The number of ether oxygens (including phenoxy) is 1. The maximum atomic E-state index is 14.4. The second-order valence-electron chi connectivity index (χ2n) is 5.14. The lowest BCUT2D eigenvalue weighted by atomic mass is 9.98. The van der Waals surface area contributed by atoms with Crippen molar-refractivity contribution in [3.8, 4) is 5.75 Å². The number of hydrogen-bond acceptors (Lipinski definition) is 3. The number of halogens is 1. The highest BCUT2D eigenvalue weighted by molar-refractivity contribution is 7.12. The molecule has 1 unspecified atom stereocenters. The Morgan fingerprint density at radius 3 is 2.52 bits per heavy atom.